The van der Waals surface area contributed by atoms with Gasteiger partial charge < -0.3 is 0 Å². The zero-order valence-electron chi connectivity index (χ0n) is 14.2. The molecule has 0 spiro atoms. The zero-order valence-corrected chi connectivity index (χ0v) is 15.8. The fraction of sp³-hybridized carbons (Fsp3) is 0.438. The molecule has 0 unspecified atom stereocenters. The summed E-state index contributed by atoms with van der Waals surface area (Å²) < 4.78 is 57.6. The van der Waals surface area contributed by atoms with Crippen LogP contribution in [0, 0.1) is 11.6 Å². The number of hydrogen-bond acceptors (Lipinski definition) is 3. The predicted molar refractivity (Wildman–Crippen MR) is 96.0 cm³/mol. The molecule has 2 aromatic rings. The van der Waals surface area contributed by atoms with Gasteiger partial charge in [0.1, 0.15) is 16.8 Å². The summed E-state index contributed by atoms with van der Waals surface area (Å²) in [5, 5.41) is -0.760. The first kappa shape index (κ1) is 18.9. The molecule has 10 heteroatoms. The Labute approximate surface area is 154 Å². The molecule has 0 radical (unpaired) electrons. The molecule has 0 amide bonds. The lowest BCUT2D eigenvalue weighted by Gasteiger charge is -2.17. The molecule has 1 aromatic carbocycles. The van der Waals surface area contributed by atoms with Gasteiger partial charge >= 0.3 is 0 Å². The summed E-state index contributed by atoms with van der Waals surface area (Å²) in [6.07, 6.45) is 1.63. The van der Waals surface area contributed by atoms with E-state index in [2.05, 4.69) is 4.72 Å². The number of rotatable bonds is 4. The second kappa shape index (κ2) is 6.70. The van der Waals surface area contributed by atoms with Crippen molar-refractivity contribution in [3.8, 4) is 11.1 Å². The van der Waals surface area contributed by atoms with Crippen LogP contribution < -0.4 is 10.3 Å². The van der Waals surface area contributed by atoms with Crippen molar-refractivity contribution in [2.24, 2.45) is 0 Å². The van der Waals surface area contributed by atoms with Crippen LogP contribution in [0.2, 0.25) is 5.15 Å². The Bertz CT molecular complexity index is 1030. The van der Waals surface area contributed by atoms with Gasteiger partial charge in [-0.2, -0.15) is 0 Å². The summed E-state index contributed by atoms with van der Waals surface area (Å²) in [5.74, 6) is -2.06. The third-order valence-corrected chi connectivity index (χ3v) is 6.49. The van der Waals surface area contributed by atoms with Crippen molar-refractivity contribution < 1.29 is 17.2 Å². The van der Waals surface area contributed by atoms with Crippen molar-refractivity contribution in [2.45, 2.75) is 45.0 Å². The van der Waals surface area contributed by atoms with Gasteiger partial charge in [0.05, 0.1) is 16.5 Å². The standard InChI is InChI=1S/C16H18ClF2N3O3S/c1-9(2)26(24,25)20-13-7-10(11(18)8-12(13)19)14-15(17)21-5-3-4-6-22(21)16(14)23/h7-9,20H,3-6H2,1-2H3. The van der Waals surface area contributed by atoms with Gasteiger partial charge in [-0.3, -0.25) is 14.2 Å². The van der Waals surface area contributed by atoms with Gasteiger partial charge in [0.2, 0.25) is 10.0 Å². The molecule has 0 aliphatic carbocycles. The molecule has 142 valence electrons. The Hall–Kier alpha value is -1.87. The second-order valence-electron chi connectivity index (χ2n) is 6.43. The number of nitrogens with zero attached hydrogens (tertiary/aromatic N) is 2. The normalized spacial score (nSPS) is 14.5. The summed E-state index contributed by atoms with van der Waals surface area (Å²) in [6, 6.07) is 1.52. The molecule has 0 saturated heterocycles. The minimum absolute atomic E-state index is 0.0536. The van der Waals surface area contributed by atoms with E-state index in [0.717, 1.165) is 18.9 Å². The van der Waals surface area contributed by atoms with Crippen LogP contribution in [0.1, 0.15) is 26.7 Å². The van der Waals surface area contributed by atoms with E-state index in [0.29, 0.717) is 19.2 Å². The highest BCUT2D eigenvalue weighted by Crippen LogP contribution is 2.33. The fourth-order valence-electron chi connectivity index (χ4n) is 2.84. The molecule has 0 fully saturated rings. The molecular weight excluding hydrogens is 388 g/mol. The molecule has 2 heterocycles. The first-order valence-corrected chi connectivity index (χ1v) is 10.1. The zero-order chi connectivity index (χ0) is 19.2. The van der Waals surface area contributed by atoms with Crippen LogP contribution in [0.25, 0.3) is 11.1 Å². The average molecular weight is 406 g/mol. The quantitative estimate of drug-likeness (QED) is 0.849. The number of benzene rings is 1. The van der Waals surface area contributed by atoms with Crippen molar-refractivity contribution in [1.29, 1.82) is 0 Å². The molecule has 1 aliphatic rings. The van der Waals surface area contributed by atoms with Gasteiger partial charge in [0.25, 0.3) is 5.56 Å². The van der Waals surface area contributed by atoms with Gasteiger partial charge in [-0.25, -0.2) is 21.9 Å². The van der Waals surface area contributed by atoms with Gasteiger partial charge in [-0.1, -0.05) is 11.6 Å². The number of nitrogens with one attached hydrogen (secondary N) is 1. The van der Waals surface area contributed by atoms with E-state index >= 15 is 0 Å². The van der Waals surface area contributed by atoms with E-state index in [1.54, 1.807) is 4.68 Å². The lowest BCUT2D eigenvalue weighted by Crippen LogP contribution is -2.27. The largest absolute Gasteiger partial charge is 0.280 e. The van der Waals surface area contributed by atoms with E-state index in [9.17, 15) is 22.0 Å². The molecular formula is C16H18ClF2N3O3S. The lowest BCUT2D eigenvalue weighted by molar-refractivity contribution is 0.356. The summed E-state index contributed by atoms with van der Waals surface area (Å²) >= 11 is 6.27. The maximum atomic E-state index is 14.4. The van der Waals surface area contributed by atoms with E-state index in [-0.39, 0.29) is 16.3 Å². The molecule has 26 heavy (non-hydrogen) atoms. The SMILES string of the molecule is CC(C)S(=O)(=O)Nc1cc(-c2c(Cl)n3n(c2=O)CCCC3)c(F)cc1F. The van der Waals surface area contributed by atoms with Crippen LogP contribution in [0.4, 0.5) is 14.5 Å². The van der Waals surface area contributed by atoms with Gasteiger partial charge in [0.15, 0.2) is 0 Å². The Morgan fingerprint density at radius 3 is 2.31 bits per heavy atom. The van der Waals surface area contributed by atoms with Crippen molar-refractivity contribution in [3.63, 3.8) is 0 Å². The van der Waals surface area contributed by atoms with Gasteiger partial charge in [0, 0.05) is 24.7 Å². The van der Waals surface area contributed by atoms with Crippen LogP contribution >= 0.6 is 11.6 Å². The van der Waals surface area contributed by atoms with Crippen LogP contribution in [-0.2, 0) is 23.1 Å². The number of anilines is 1. The molecule has 0 bridgehead atoms. The van der Waals surface area contributed by atoms with E-state index in [1.165, 1.54) is 18.5 Å². The fourth-order valence-corrected chi connectivity index (χ4v) is 3.90. The van der Waals surface area contributed by atoms with Crippen molar-refractivity contribution in [1.82, 2.24) is 9.36 Å². The summed E-state index contributed by atoms with van der Waals surface area (Å²) in [5.41, 5.74) is -1.26. The van der Waals surface area contributed by atoms with E-state index in [1.807, 2.05) is 0 Å². The molecule has 0 atom stereocenters. The van der Waals surface area contributed by atoms with Crippen molar-refractivity contribution in [2.75, 3.05) is 4.72 Å². The van der Waals surface area contributed by atoms with Gasteiger partial charge in [-0.05, 0) is 32.8 Å². The molecule has 6 nitrogen and oxygen atoms in total. The van der Waals surface area contributed by atoms with Crippen molar-refractivity contribution >= 4 is 27.3 Å². The smallest absolute Gasteiger partial charge is 0.276 e. The highest BCUT2D eigenvalue weighted by molar-refractivity contribution is 7.93. The number of halogens is 3. The minimum atomic E-state index is -3.84. The first-order valence-electron chi connectivity index (χ1n) is 8.13. The maximum Gasteiger partial charge on any atom is 0.276 e. The van der Waals surface area contributed by atoms with Gasteiger partial charge in [-0.15, -0.1) is 0 Å². The number of hydrogen-bond donors (Lipinski definition) is 1. The monoisotopic (exact) mass is 405 g/mol. The second-order valence-corrected chi connectivity index (χ2v) is 9.03. The predicted octanol–water partition coefficient (Wildman–Crippen LogP) is 3.19. The topological polar surface area (TPSA) is 73.1 Å². The summed E-state index contributed by atoms with van der Waals surface area (Å²) in [6.45, 7) is 3.82. The number of sulfonamides is 1. The Balaban J connectivity index is 2.17. The number of aromatic nitrogens is 2. The van der Waals surface area contributed by atoms with Crippen molar-refractivity contribution in [3.05, 3.63) is 39.3 Å². The molecule has 1 N–H and O–H groups in total. The van der Waals surface area contributed by atoms with E-state index < -0.39 is 38.2 Å². The first-order chi connectivity index (χ1) is 12.1. The summed E-state index contributed by atoms with van der Waals surface area (Å²) in [7, 11) is -3.84. The Kier molecular flexibility index (Phi) is 4.87. The average Bonchev–Trinajstić information content (AvgIpc) is 2.82. The third-order valence-electron chi connectivity index (χ3n) is 4.36. The van der Waals surface area contributed by atoms with E-state index in [4.69, 9.17) is 11.6 Å². The van der Waals surface area contributed by atoms with Crippen LogP contribution in [0.15, 0.2) is 16.9 Å². The minimum Gasteiger partial charge on any atom is -0.280 e. The lowest BCUT2D eigenvalue weighted by atomic mass is 10.1. The highest BCUT2D eigenvalue weighted by Gasteiger charge is 2.26. The molecule has 0 saturated carbocycles. The van der Waals surface area contributed by atoms with Crippen LogP contribution in [-0.4, -0.2) is 23.0 Å². The molecule has 1 aliphatic heterocycles. The summed E-state index contributed by atoms with van der Waals surface area (Å²) in [4.78, 5) is 12.6. The highest BCUT2D eigenvalue weighted by atomic mass is 35.5. The Morgan fingerprint density at radius 1 is 1.12 bits per heavy atom. The number of fused-ring (bicyclic) bond motifs is 1. The third kappa shape index (κ3) is 3.14. The molecule has 1 aromatic heterocycles. The molecule has 3 rings (SSSR count). The van der Waals surface area contributed by atoms with Crippen LogP contribution in [0.5, 0.6) is 0 Å². The van der Waals surface area contributed by atoms with Crippen LogP contribution in [0.3, 0.4) is 0 Å². The Morgan fingerprint density at radius 2 is 1.73 bits per heavy atom. The maximum absolute atomic E-state index is 14.4.